The predicted molar refractivity (Wildman–Crippen MR) is 277 cm³/mol. The second-order valence-corrected chi connectivity index (χ2v) is 23.7. The number of phenolic OH excluding ortho intramolecular Hbond substituents is 1. The van der Waals surface area contributed by atoms with Crippen molar-refractivity contribution in [3.05, 3.63) is 77.0 Å². The van der Waals surface area contributed by atoms with E-state index in [1.165, 1.54) is 37.8 Å². The van der Waals surface area contributed by atoms with Crippen LogP contribution in [0.4, 0.5) is 20.3 Å². The van der Waals surface area contributed by atoms with E-state index in [1.54, 1.807) is 30.2 Å². The van der Waals surface area contributed by atoms with E-state index in [-0.39, 0.29) is 63.5 Å². The van der Waals surface area contributed by atoms with Crippen molar-refractivity contribution < 1.29 is 38.1 Å². The van der Waals surface area contributed by atoms with Crippen LogP contribution in [0.3, 0.4) is 0 Å². The lowest BCUT2D eigenvalue weighted by molar-refractivity contribution is -0.136. The number of carbonyl (C=O) groups is 3. The number of anilines is 2. The third-order valence-electron chi connectivity index (χ3n) is 17.8. The highest BCUT2D eigenvalue weighted by atomic mass is 19.1. The van der Waals surface area contributed by atoms with Gasteiger partial charge >= 0.3 is 6.01 Å². The second-order valence-electron chi connectivity index (χ2n) is 23.7. The molecule has 1 spiro atoms. The molecule has 3 aromatic carbocycles. The molecule has 3 N–H and O–H groups in total. The zero-order valence-electron chi connectivity index (χ0n) is 42.8. The molecule has 6 fully saturated rings. The minimum absolute atomic E-state index is 0.0181. The molecule has 4 saturated heterocycles. The number of piperazine rings is 1. The number of phenols is 1. The number of fused-ring (bicyclic) bond motifs is 3. The number of pyridine rings is 1. The third kappa shape index (κ3) is 9.09. The number of rotatable bonds is 12. The lowest BCUT2D eigenvalue weighted by atomic mass is 9.50. The van der Waals surface area contributed by atoms with Gasteiger partial charge in [-0.1, -0.05) is 19.9 Å². The summed E-state index contributed by atoms with van der Waals surface area (Å²) >= 11 is 0. The number of imide groups is 1. The SMILES string of the molecule is CCc1c(F)ccc2cc(O)cc(-c3ncc4c(N5CCC[C@@](C)(O)C5)nc(OCC5(CN6CCC7(CC6)CC(C)(CN6CCN(c8ccc9c(c8)CN([C@H]8CCC(=O)NC8=O)C9=O)CC6)C7)CC5)nc4c3F)c12. The van der Waals surface area contributed by atoms with Crippen molar-refractivity contribution in [2.75, 3.05) is 81.9 Å². The lowest BCUT2D eigenvalue weighted by Crippen LogP contribution is -2.57. The van der Waals surface area contributed by atoms with Crippen molar-refractivity contribution in [3.63, 3.8) is 0 Å². The first-order chi connectivity index (χ1) is 35.5. The van der Waals surface area contributed by atoms with Gasteiger partial charge in [0.1, 0.15) is 34.6 Å². The van der Waals surface area contributed by atoms with Gasteiger partial charge in [0, 0.05) is 93.7 Å². The molecule has 390 valence electrons. The van der Waals surface area contributed by atoms with Crippen LogP contribution in [0.1, 0.15) is 106 Å². The molecule has 7 aliphatic rings. The number of nitrogens with zero attached hydrogens (tertiary/aromatic N) is 8. The topological polar surface area (TPSA) is 168 Å². The highest BCUT2D eigenvalue weighted by molar-refractivity contribution is 6.06. The average molecular weight is 1010 g/mol. The zero-order chi connectivity index (χ0) is 51.3. The van der Waals surface area contributed by atoms with E-state index in [0.29, 0.717) is 84.0 Å². The van der Waals surface area contributed by atoms with Gasteiger partial charge in [-0.15, -0.1) is 0 Å². The van der Waals surface area contributed by atoms with E-state index in [9.17, 15) is 24.6 Å². The van der Waals surface area contributed by atoms with Crippen LogP contribution in [0.2, 0.25) is 0 Å². The molecule has 15 nitrogen and oxygen atoms in total. The number of ether oxygens (including phenoxy) is 1. The van der Waals surface area contributed by atoms with E-state index in [0.717, 1.165) is 82.9 Å². The Morgan fingerprint density at radius 3 is 2.35 bits per heavy atom. The summed E-state index contributed by atoms with van der Waals surface area (Å²) in [6.45, 7) is 15.7. The minimum Gasteiger partial charge on any atom is -0.508 e. The van der Waals surface area contributed by atoms with Crippen LogP contribution in [0, 0.1) is 27.9 Å². The zero-order valence-corrected chi connectivity index (χ0v) is 42.8. The summed E-state index contributed by atoms with van der Waals surface area (Å²) in [5.74, 6) is -1.58. The quantitative estimate of drug-likeness (QED) is 0.106. The van der Waals surface area contributed by atoms with Crippen molar-refractivity contribution in [3.8, 4) is 23.0 Å². The summed E-state index contributed by atoms with van der Waals surface area (Å²) in [6, 6.07) is 11.4. The number of hydrogen-bond donors (Lipinski definition) is 3. The van der Waals surface area contributed by atoms with Crippen LogP contribution >= 0.6 is 0 Å². The smallest absolute Gasteiger partial charge is 0.319 e. The summed E-state index contributed by atoms with van der Waals surface area (Å²) in [6.07, 6.45) is 10.8. The fraction of sp³-hybridized carbons (Fsp3) is 0.544. The summed E-state index contributed by atoms with van der Waals surface area (Å²) in [7, 11) is 0. The Labute approximate surface area is 430 Å². The Kier molecular flexibility index (Phi) is 12.1. The normalized spacial score (nSPS) is 24.6. The standard InChI is InChI=1S/C57H67F2N9O6/c1-4-39-43(58)9-6-35-25-38(69)26-41(46(35)39)48-47(59)49-42(27-60-48)50(67-17-5-12-55(3,73)32-67)63-53(62-49)74-34-57(13-14-57)33-64-18-15-56(16-19-64)29-54(2,30-56)31-65-20-22-66(23-21-65)37-7-8-40-36(24-37)28-68(52(40)72)44-10-11-45(70)61-51(44)71/h6-9,24-27,44,69,73H,4-5,10-23,28-34H2,1-3H3,(H,61,70,71)/t44-,55+/m0/s1. The molecule has 74 heavy (non-hydrogen) atoms. The maximum absolute atomic E-state index is 17.2. The number of β-amino-alcohol motifs (C(OH)–C–C–N with tert-alkyl or cyclic N) is 1. The number of hydrogen-bond acceptors (Lipinski definition) is 13. The van der Waals surface area contributed by atoms with Gasteiger partial charge in [0.15, 0.2) is 5.82 Å². The van der Waals surface area contributed by atoms with Gasteiger partial charge in [0.2, 0.25) is 11.8 Å². The van der Waals surface area contributed by atoms with E-state index in [4.69, 9.17) is 14.7 Å². The fourth-order valence-corrected chi connectivity index (χ4v) is 14.0. The monoisotopic (exact) mass is 1010 g/mol. The molecule has 0 bridgehead atoms. The highest BCUT2D eigenvalue weighted by Crippen LogP contribution is 2.60. The van der Waals surface area contributed by atoms with Gasteiger partial charge in [0.25, 0.3) is 5.91 Å². The molecule has 3 amide bonds. The fourth-order valence-electron chi connectivity index (χ4n) is 14.0. The van der Waals surface area contributed by atoms with Crippen molar-refractivity contribution >= 4 is 50.9 Å². The predicted octanol–water partition coefficient (Wildman–Crippen LogP) is 7.37. The highest BCUT2D eigenvalue weighted by Gasteiger charge is 2.54. The number of benzene rings is 3. The first kappa shape index (κ1) is 48.9. The molecule has 5 aliphatic heterocycles. The van der Waals surface area contributed by atoms with Crippen molar-refractivity contribution in [1.29, 1.82) is 0 Å². The number of piperidine rings is 3. The number of halogens is 2. The van der Waals surface area contributed by atoms with Crippen LogP contribution < -0.4 is 19.9 Å². The van der Waals surface area contributed by atoms with Crippen molar-refractivity contribution in [2.24, 2.45) is 16.2 Å². The third-order valence-corrected chi connectivity index (χ3v) is 17.8. The Morgan fingerprint density at radius 1 is 0.851 bits per heavy atom. The van der Waals surface area contributed by atoms with Crippen molar-refractivity contribution in [2.45, 2.75) is 110 Å². The van der Waals surface area contributed by atoms with Gasteiger partial charge < -0.3 is 34.5 Å². The maximum atomic E-state index is 17.2. The van der Waals surface area contributed by atoms with Crippen LogP contribution in [0.5, 0.6) is 11.8 Å². The number of carbonyl (C=O) groups excluding carboxylic acids is 3. The largest absolute Gasteiger partial charge is 0.508 e. The molecule has 5 aromatic rings. The van der Waals surface area contributed by atoms with Gasteiger partial charge in [-0.25, -0.2) is 8.78 Å². The van der Waals surface area contributed by atoms with Crippen LogP contribution in [-0.4, -0.2) is 141 Å². The van der Waals surface area contributed by atoms with Gasteiger partial charge in [0.05, 0.1) is 17.6 Å². The molecule has 2 atom stereocenters. The van der Waals surface area contributed by atoms with E-state index < -0.39 is 23.3 Å². The molecule has 0 radical (unpaired) electrons. The number of aromatic hydroxyl groups is 1. The number of aryl methyl sites for hydroxylation is 1. The summed E-state index contributed by atoms with van der Waals surface area (Å²) in [5.41, 5.74) is 2.99. The van der Waals surface area contributed by atoms with E-state index in [2.05, 4.69) is 38.0 Å². The Bertz CT molecular complexity index is 3090. The lowest BCUT2D eigenvalue weighted by Gasteiger charge is -2.59. The first-order valence-corrected chi connectivity index (χ1v) is 26.9. The molecule has 0 unspecified atom stereocenters. The van der Waals surface area contributed by atoms with Crippen LogP contribution in [0.25, 0.3) is 32.9 Å². The number of nitrogens with one attached hydrogen (secondary N) is 1. The molecule has 2 aliphatic carbocycles. The van der Waals surface area contributed by atoms with E-state index in [1.807, 2.05) is 24.0 Å². The summed E-state index contributed by atoms with van der Waals surface area (Å²) in [5, 5.41) is 25.7. The number of amides is 3. The summed E-state index contributed by atoms with van der Waals surface area (Å²) in [4.78, 5) is 62.9. The number of aromatic nitrogens is 3. The molecule has 2 aromatic heterocycles. The Morgan fingerprint density at radius 2 is 1.62 bits per heavy atom. The summed E-state index contributed by atoms with van der Waals surface area (Å²) < 4.78 is 38.9. The number of aliphatic hydroxyl groups is 1. The molecular weight excluding hydrogens is 945 g/mol. The Hall–Kier alpha value is -6.04. The first-order valence-electron chi connectivity index (χ1n) is 26.9. The van der Waals surface area contributed by atoms with Crippen molar-refractivity contribution in [1.82, 2.24) is 35.0 Å². The van der Waals surface area contributed by atoms with Gasteiger partial charge in [-0.3, -0.25) is 29.6 Å². The Balaban J connectivity index is 0.668. The maximum Gasteiger partial charge on any atom is 0.319 e. The van der Waals surface area contributed by atoms with Crippen LogP contribution in [-0.2, 0) is 22.6 Å². The molecule has 7 heterocycles. The number of likely N-dealkylation sites (tertiary alicyclic amines) is 1. The average Bonchev–Trinajstić information content (AvgIpc) is 4.06. The second kappa shape index (κ2) is 18.4. The molecule has 2 saturated carbocycles. The molecule has 12 rings (SSSR count). The van der Waals surface area contributed by atoms with E-state index >= 15 is 8.78 Å². The molecule has 17 heteroatoms. The van der Waals surface area contributed by atoms with Crippen LogP contribution in [0.15, 0.2) is 48.7 Å². The minimum atomic E-state index is -0.964. The molecular formula is C57H67F2N9O6. The van der Waals surface area contributed by atoms with Gasteiger partial charge in [-0.05, 0) is 153 Å². The van der Waals surface area contributed by atoms with Gasteiger partial charge in [-0.2, -0.15) is 9.97 Å².